The number of Topliss-reactive ketones (excluding diaryl/α,β-unsaturated/α-hetero) is 1. The molecule has 3 rings (SSSR count). The molecule has 1 aliphatic rings. The van der Waals surface area contributed by atoms with Gasteiger partial charge in [0.05, 0.1) is 0 Å². The summed E-state index contributed by atoms with van der Waals surface area (Å²) in [5.74, 6) is -0.341. The number of nitrogens with one attached hydrogen (secondary N) is 1. The number of sulfonamides is 1. The molecule has 1 N–H and O–H groups in total. The molecular formula is C20H19NO7S. The zero-order valence-corrected chi connectivity index (χ0v) is 16.4. The lowest BCUT2D eigenvalue weighted by molar-refractivity contribution is -0.141. The van der Waals surface area contributed by atoms with E-state index in [1.165, 1.54) is 18.2 Å². The fraction of sp³-hybridized carbons (Fsp3) is 0.200. The zero-order chi connectivity index (χ0) is 20.9. The van der Waals surface area contributed by atoms with Gasteiger partial charge in [-0.1, -0.05) is 29.8 Å². The average Bonchev–Trinajstić information content (AvgIpc) is 3.18. The number of hydrogen-bond acceptors (Lipinski definition) is 7. The molecule has 1 heterocycles. The third-order valence-electron chi connectivity index (χ3n) is 3.99. The summed E-state index contributed by atoms with van der Waals surface area (Å²) in [5, 5.41) is 0.961. The fourth-order valence-corrected chi connectivity index (χ4v) is 3.16. The number of rotatable bonds is 8. The van der Waals surface area contributed by atoms with E-state index in [-0.39, 0.29) is 6.79 Å². The molecule has 9 heteroatoms. The molecule has 2 aromatic rings. The van der Waals surface area contributed by atoms with E-state index < -0.39 is 34.9 Å². The Hall–Kier alpha value is -3.17. The van der Waals surface area contributed by atoms with Crippen LogP contribution >= 0.6 is 0 Å². The second-order valence-electron chi connectivity index (χ2n) is 6.23. The Morgan fingerprint density at radius 3 is 2.59 bits per heavy atom. The number of carbonyl (C=O) groups is 2. The van der Waals surface area contributed by atoms with Crippen molar-refractivity contribution in [3.8, 4) is 11.5 Å². The topological polar surface area (TPSA) is 108 Å². The van der Waals surface area contributed by atoms with Gasteiger partial charge in [-0.25, -0.2) is 13.1 Å². The van der Waals surface area contributed by atoms with Crippen molar-refractivity contribution < 1.29 is 32.2 Å². The minimum atomic E-state index is -3.83. The highest BCUT2D eigenvalue weighted by atomic mass is 32.2. The van der Waals surface area contributed by atoms with Gasteiger partial charge >= 0.3 is 5.97 Å². The third kappa shape index (κ3) is 5.90. The first-order chi connectivity index (χ1) is 13.8. The first-order valence-corrected chi connectivity index (χ1v) is 10.2. The highest BCUT2D eigenvalue weighted by molar-refractivity contribution is 7.92. The van der Waals surface area contributed by atoms with Gasteiger partial charge < -0.3 is 14.2 Å². The van der Waals surface area contributed by atoms with Crippen LogP contribution in [0.1, 0.15) is 21.5 Å². The summed E-state index contributed by atoms with van der Waals surface area (Å²) in [6.07, 6.45) is 1.41. The Labute approximate surface area is 168 Å². The van der Waals surface area contributed by atoms with Gasteiger partial charge in [0, 0.05) is 11.0 Å². The standard InChI is InChI=1S/C20H19NO7S/c1-14-2-4-15(5-3-14)8-9-29(24,25)21-11-20(23)26-12-17(22)16-6-7-18-19(10-16)28-13-27-18/h2-10,21H,11-13H2,1H3. The molecule has 0 aromatic heterocycles. The smallest absolute Gasteiger partial charge is 0.321 e. The van der Waals surface area contributed by atoms with Crippen LogP contribution in [0.2, 0.25) is 0 Å². The first-order valence-electron chi connectivity index (χ1n) is 8.65. The van der Waals surface area contributed by atoms with Crippen molar-refractivity contribution in [2.45, 2.75) is 6.92 Å². The monoisotopic (exact) mass is 417 g/mol. The number of ketones is 1. The molecule has 152 valence electrons. The molecule has 0 unspecified atom stereocenters. The molecular weight excluding hydrogens is 398 g/mol. The van der Waals surface area contributed by atoms with Gasteiger partial charge in [0.1, 0.15) is 6.54 Å². The molecule has 0 spiro atoms. The van der Waals surface area contributed by atoms with Gasteiger partial charge in [0.15, 0.2) is 23.9 Å². The number of fused-ring (bicyclic) bond motifs is 1. The van der Waals surface area contributed by atoms with E-state index in [9.17, 15) is 18.0 Å². The Kier molecular flexibility index (Phi) is 6.30. The van der Waals surface area contributed by atoms with Crippen molar-refractivity contribution in [3.05, 3.63) is 64.6 Å². The Morgan fingerprint density at radius 2 is 1.83 bits per heavy atom. The van der Waals surface area contributed by atoms with Gasteiger partial charge in [-0.05, 0) is 36.8 Å². The molecule has 0 bridgehead atoms. The highest BCUT2D eigenvalue weighted by Gasteiger charge is 2.17. The molecule has 1 aliphatic heterocycles. The highest BCUT2D eigenvalue weighted by Crippen LogP contribution is 2.32. The largest absolute Gasteiger partial charge is 0.456 e. The van der Waals surface area contributed by atoms with Gasteiger partial charge in [-0.15, -0.1) is 0 Å². The summed E-state index contributed by atoms with van der Waals surface area (Å²) in [6.45, 7) is 0.906. The van der Waals surface area contributed by atoms with Crippen LogP contribution in [0.25, 0.3) is 6.08 Å². The number of hydrogen-bond donors (Lipinski definition) is 1. The van der Waals surface area contributed by atoms with Crippen LogP contribution in [0.3, 0.4) is 0 Å². The van der Waals surface area contributed by atoms with Crippen LogP contribution in [0, 0.1) is 6.92 Å². The molecule has 0 amide bonds. The van der Waals surface area contributed by atoms with E-state index >= 15 is 0 Å². The first kappa shape index (κ1) is 20.6. The van der Waals surface area contributed by atoms with Crippen molar-refractivity contribution >= 4 is 27.9 Å². The predicted octanol–water partition coefficient (Wildman–Crippen LogP) is 2.04. The van der Waals surface area contributed by atoms with Gasteiger partial charge in [-0.3, -0.25) is 9.59 Å². The number of ether oxygens (including phenoxy) is 3. The van der Waals surface area contributed by atoms with Gasteiger partial charge in [0.2, 0.25) is 16.8 Å². The van der Waals surface area contributed by atoms with Crippen molar-refractivity contribution in [2.75, 3.05) is 19.9 Å². The van der Waals surface area contributed by atoms with Crippen LogP contribution in [-0.2, 0) is 19.6 Å². The maximum Gasteiger partial charge on any atom is 0.321 e. The summed E-state index contributed by atoms with van der Waals surface area (Å²) in [6, 6.07) is 11.9. The molecule has 2 aromatic carbocycles. The summed E-state index contributed by atoms with van der Waals surface area (Å²) < 4.78 is 41.2. The zero-order valence-electron chi connectivity index (χ0n) is 15.6. The molecule has 0 atom stereocenters. The molecule has 8 nitrogen and oxygen atoms in total. The van der Waals surface area contributed by atoms with E-state index in [1.807, 2.05) is 19.1 Å². The minimum absolute atomic E-state index is 0.0838. The lowest BCUT2D eigenvalue weighted by Gasteiger charge is -2.06. The molecule has 0 aliphatic carbocycles. The molecule has 0 saturated carbocycles. The molecule has 0 saturated heterocycles. The summed E-state index contributed by atoms with van der Waals surface area (Å²) in [5.41, 5.74) is 2.06. The van der Waals surface area contributed by atoms with Crippen LogP contribution in [0.4, 0.5) is 0 Å². The summed E-state index contributed by atoms with van der Waals surface area (Å²) >= 11 is 0. The van der Waals surface area contributed by atoms with E-state index in [1.54, 1.807) is 18.2 Å². The average molecular weight is 417 g/mol. The van der Waals surface area contributed by atoms with E-state index in [0.717, 1.165) is 11.0 Å². The predicted molar refractivity (Wildman–Crippen MR) is 105 cm³/mol. The minimum Gasteiger partial charge on any atom is -0.456 e. The van der Waals surface area contributed by atoms with Crippen LogP contribution in [-0.4, -0.2) is 40.1 Å². The quantitative estimate of drug-likeness (QED) is 0.517. The third-order valence-corrected chi connectivity index (χ3v) is 5.03. The van der Waals surface area contributed by atoms with E-state index in [0.29, 0.717) is 22.6 Å². The normalized spacial score (nSPS) is 12.9. The van der Waals surface area contributed by atoms with E-state index in [2.05, 4.69) is 4.72 Å². The second-order valence-corrected chi connectivity index (χ2v) is 7.88. The Morgan fingerprint density at radius 1 is 1.10 bits per heavy atom. The summed E-state index contributed by atoms with van der Waals surface area (Å²) in [4.78, 5) is 23.9. The number of esters is 1. The fourth-order valence-electron chi connectivity index (χ4n) is 2.40. The van der Waals surface area contributed by atoms with Crippen LogP contribution in [0.15, 0.2) is 47.9 Å². The van der Waals surface area contributed by atoms with Gasteiger partial charge in [0.25, 0.3) is 0 Å². The maximum atomic E-state index is 12.1. The lowest BCUT2D eigenvalue weighted by Crippen LogP contribution is -2.30. The maximum absolute atomic E-state index is 12.1. The summed E-state index contributed by atoms with van der Waals surface area (Å²) in [7, 11) is -3.83. The molecule has 0 radical (unpaired) electrons. The Bertz CT molecular complexity index is 1040. The van der Waals surface area contributed by atoms with Crippen molar-refractivity contribution in [1.82, 2.24) is 4.72 Å². The van der Waals surface area contributed by atoms with Crippen molar-refractivity contribution in [2.24, 2.45) is 0 Å². The molecule has 29 heavy (non-hydrogen) atoms. The number of carbonyl (C=O) groups excluding carboxylic acids is 2. The second kappa shape index (κ2) is 8.89. The number of aryl methyl sites for hydroxylation is 1. The number of benzene rings is 2. The molecule has 0 fully saturated rings. The Balaban J connectivity index is 1.46. The van der Waals surface area contributed by atoms with Gasteiger partial charge in [-0.2, -0.15) is 0 Å². The van der Waals surface area contributed by atoms with E-state index in [4.69, 9.17) is 14.2 Å². The van der Waals surface area contributed by atoms with Crippen molar-refractivity contribution in [1.29, 1.82) is 0 Å². The SMILES string of the molecule is Cc1ccc(C=CS(=O)(=O)NCC(=O)OCC(=O)c2ccc3c(c2)OCO3)cc1. The van der Waals surface area contributed by atoms with Crippen molar-refractivity contribution in [3.63, 3.8) is 0 Å². The van der Waals surface area contributed by atoms with Crippen LogP contribution in [0.5, 0.6) is 11.5 Å². The van der Waals surface area contributed by atoms with Crippen LogP contribution < -0.4 is 14.2 Å². The lowest BCUT2D eigenvalue weighted by atomic mass is 10.1.